The molecular formula is C15H27N3O2S. The van der Waals surface area contributed by atoms with Gasteiger partial charge in [0.1, 0.15) is 15.6 Å². The third-order valence-corrected chi connectivity index (χ3v) is 4.05. The van der Waals surface area contributed by atoms with Crippen molar-refractivity contribution in [1.29, 1.82) is 0 Å². The fraction of sp³-hybridized carbons (Fsp3) is 0.667. The maximum absolute atomic E-state index is 12.2. The SMILES string of the molecule is CCCCCNc1sc(C(=O)N(C)C)c(N)c1OC(C)C. The normalized spacial score (nSPS) is 10.8. The first-order valence-corrected chi connectivity index (χ1v) is 8.24. The fourth-order valence-corrected chi connectivity index (χ4v) is 2.94. The van der Waals surface area contributed by atoms with Gasteiger partial charge in [-0.05, 0) is 20.3 Å². The second-order valence-corrected chi connectivity index (χ2v) is 6.52. The Morgan fingerprint density at radius 1 is 1.38 bits per heavy atom. The number of thiophene rings is 1. The number of nitrogens with one attached hydrogen (secondary N) is 1. The number of hydrogen-bond acceptors (Lipinski definition) is 5. The molecule has 1 rings (SSSR count). The Hall–Kier alpha value is -1.43. The van der Waals surface area contributed by atoms with Gasteiger partial charge in [0.25, 0.3) is 5.91 Å². The van der Waals surface area contributed by atoms with Gasteiger partial charge in [0.2, 0.25) is 0 Å². The summed E-state index contributed by atoms with van der Waals surface area (Å²) in [5, 5.41) is 4.20. The number of nitrogens with two attached hydrogens (primary N) is 1. The van der Waals surface area contributed by atoms with Crippen molar-refractivity contribution in [3.63, 3.8) is 0 Å². The zero-order chi connectivity index (χ0) is 16.0. The molecule has 1 heterocycles. The highest BCUT2D eigenvalue weighted by molar-refractivity contribution is 7.19. The van der Waals surface area contributed by atoms with Crippen molar-refractivity contribution in [3.8, 4) is 5.75 Å². The predicted molar refractivity (Wildman–Crippen MR) is 90.5 cm³/mol. The zero-order valence-electron chi connectivity index (χ0n) is 13.7. The van der Waals surface area contributed by atoms with Gasteiger partial charge in [-0.25, -0.2) is 0 Å². The molecule has 6 heteroatoms. The van der Waals surface area contributed by atoms with Crippen LogP contribution in [0.1, 0.15) is 49.7 Å². The number of ether oxygens (including phenoxy) is 1. The molecule has 0 aliphatic carbocycles. The van der Waals surface area contributed by atoms with Crippen LogP contribution in [-0.4, -0.2) is 37.6 Å². The Balaban J connectivity index is 2.97. The van der Waals surface area contributed by atoms with Crippen LogP contribution in [0, 0.1) is 0 Å². The number of amides is 1. The number of carbonyl (C=O) groups excluding carboxylic acids is 1. The highest BCUT2D eigenvalue weighted by atomic mass is 32.1. The average Bonchev–Trinajstić information content (AvgIpc) is 2.71. The van der Waals surface area contributed by atoms with Crippen LogP contribution in [0.15, 0.2) is 0 Å². The Labute approximate surface area is 131 Å². The van der Waals surface area contributed by atoms with E-state index in [-0.39, 0.29) is 12.0 Å². The van der Waals surface area contributed by atoms with Crippen LogP contribution in [0.25, 0.3) is 0 Å². The molecule has 1 aromatic heterocycles. The van der Waals surface area contributed by atoms with Gasteiger partial charge in [-0.1, -0.05) is 19.8 Å². The summed E-state index contributed by atoms with van der Waals surface area (Å²) in [6.07, 6.45) is 3.46. The molecule has 5 nitrogen and oxygen atoms in total. The van der Waals surface area contributed by atoms with Crippen molar-refractivity contribution in [1.82, 2.24) is 4.90 Å². The molecule has 0 atom stereocenters. The molecule has 21 heavy (non-hydrogen) atoms. The topological polar surface area (TPSA) is 67.6 Å². The molecule has 0 saturated carbocycles. The quantitative estimate of drug-likeness (QED) is 0.722. The van der Waals surface area contributed by atoms with Gasteiger partial charge in [-0.3, -0.25) is 4.79 Å². The number of anilines is 2. The van der Waals surface area contributed by atoms with Crippen molar-refractivity contribution in [2.45, 2.75) is 46.1 Å². The zero-order valence-corrected chi connectivity index (χ0v) is 14.5. The molecule has 1 aromatic rings. The summed E-state index contributed by atoms with van der Waals surface area (Å²) < 4.78 is 5.80. The molecule has 0 fully saturated rings. The summed E-state index contributed by atoms with van der Waals surface area (Å²) in [4.78, 5) is 14.2. The van der Waals surface area contributed by atoms with E-state index < -0.39 is 0 Å². The Kier molecular flexibility index (Phi) is 6.81. The predicted octanol–water partition coefficient (Wildman–Crippen LogP) is 3.42. The monoisotopic (exact) mass is 313 g/mol. The van der Waals surface area contributed by atoms with Gasteiger partial charge in [-0.2, -0.15) is 0 Å². The lowest BCUT2D eigenvalue weighted by molar-refractivity contribution is 0.0832. The minimum Gasteiger partial charge on any atom is -0.486 e. The number of nitrogens with zero attached hydrogens (tertiary/aromatic N) is 1. The van der Waals surface area contributed by atoms with Gasteiger partial charge in [-0.15, -0.1) is 11.3 Å². The Morgan fingerprint density at radius 2 is 2.05 bits per heavy atom. The average molecular weight is 313 g/mol. The van der Waals surface area contributed by atoms with E-state index in [0.29, 0.717) is 16.3 Å². The number of hydrogen-bond donors (Lipinski definition) is 2. The van der Waals surface area contributed by atoms with Crippen LogP contribution in [0.2, 0.25) is 0 Å². The first-order chi connectivity index (χ1) is 9.88. The summed E-state index contributed by atoms with van der Waals surface area (Å²) in [5.74, 6) is 0.518. The molecule has 0 aliphatic rings. The molecule has 0 radical (unpaired) electrons. The summed E-state index contributed by atoms with van der Waals surface area (Å²) >= 11 is 1.37. The van der Waals surface area contributed by atoms with Crippen molar-refractivity contribution in [2.24, 2.45) is 0 Å². The standard InChI is InChI=1S/C15H27N3O2S/c1-6-7-8-9-17-14-12(20-10(2)3)11(16)13(21-14)15(19)18(4)5/h10,17H,6-9,16H2,1-5H3. The largest absolute Gasteiger partial charge is 0.486 e. The number of carbonyl (C=O) groups is 1. The van der Waals surface area contributed by atoms with E-state index >= 15 is 0 Å². The van der Waals surface area contributed by atoms with Crippen LogP contribution in [0.5, 0.6) is 5.75 Å². The molecule has 120 valence electrons. The lowest BCUT2D eigenvalue weighted by Gasteiger charge is -2.13. The van der Waals surface area contributed by atoms with Gasteiger partial charge < -0.3 is 20.7 Å². The van der Waals surface area contributed by atoms with Gasteiger partial charge in [0.05, 0.1) is 6.10 Å². The molecule has 3 N–H and O–H groups in total. The van der Waals surface area contributed by atoms with Crippen molar-refractivity contribution in [3.05, 3.63) is 4.88 Å². The number of unbranched alkanes of at least 4 members (excludes halogenated alkanes) is 2. The molecule has 0 aliphatic heterocycles. The summed E-state index contributed by atoms with van der Waals surface area (Å²) in [5.41, 5.74) is 6.56. The van der Waals surface area contributed by atoms with Gasteiger partial charge in [0, 0.05) is 20.6 Å². The van der Waals surface area contributed by atoms with Crippen molar-refractivity contribution < 1.29 is 9.53 Å². The Morgan fingerprint density at radius 3 is 2.57 bits per heavy atom. The van der Waals surface area contributed by atoms with Crippen LogP contribution in [-0.2, 0) is 0 Å². The van der Waals surface area contributed by atoms with Crippen molar-refractivity contribution in [2.75, 3.05) is 31.7 Å². The van der Waals surface area contributed by atoms with E-state index in [2.05, 4.69) is 12.2 Å². The van der Waals surface area contributed by atoms with E-state index in [4.69, 9.17) is 10.5 Å². The highest BCUT2D eigenvalue weighted by Gasteiger charge is 2.23. The molecule has 0 aromatic carbocycles. The third-order valence-electron chi connectivity index (χ3n) is 2.92. The Bertz CT molecular complexity index is 470. The second-order valence-electron chi connectivity index (χ2n) is 5.50. The van der Waals surface area contributed by atoms with Crippen LogP contribution in [0.3, 0.4) is 0 Å². The molecule has 0 unspecified atom stereocenters. The first-order valence-electron chi connectivity index (χ1n) is 7.42. The van der Waals surface area contributed by atoms with Gasteiger partial charge in [0.15, 0.2) is 5.75 Å². The molecular weight excluding hydrogens is 286 g/mol. The maximum Gasteiger partial charge on any atom is 0.265 e. The van der Waals surface area contributed by atoms with E-state index in [9.17, 15) is 4.79 Å². The molecule has 0 bridgehead atoms. The summed E-state index contributed by atoms with van der Waals surface area (Å²) in [6, 6.07) is 0. The van der Waals surface area contributed by atoms with Crippen molar-refractivity contribution >= 4 is 27.9 Å². The van der Waals surface area contributed by atoms with E-state index in [1.807, 2.05) is 13.8 Å². The van der Waals surface area contributed by atoms with Crippen LogP contribution < -0.4 is 15.8 Å². The first kappa shape index (κ1) is 17.6. The number of nitrogen functional groups attached to an aromatic ring is 1. The molecule has 1 amide bonds. The highest BCUT2D eigenvalue weighted by Crippen LogP contribution is 2.43. The molecule has 0 spiro atoms. The lowest BCUT2D eigenvalue weighted by atomic mass is 10.2. The number of rotatable bonds is 8. The van der Waals surface area contributed by atoms with Crippen LogP contribution in [0.4, 0.5) is 10.7 Å². The summed E-state index contributed by atoms with van der Waals surface area (Å²) in [6.45, 7) is 6.93. The van der Waals surface area contributed by atoms with Crippen LogP contribution >= 0.6 is 11.3 Å². The fourth-order valence-electron chi connectivity index (χ4n) is 1.84. The third kappa shape index (κ3) is 4.81. The van der Waals surface area contributed by atoms with E-state index in [1.165, 1.54) is 29.1 Å². The minimum atomic E-state index is -0.0901. The second kappa shape index (κ2) is 8.12. The minimum absolute atomic E-state index is 0.0143. The smallest absolute Gasteiger partial charge is 0.265 e. The van der Waals surface area contributed by atoms with E-state index in [0.717, 1.165) is 18.0 Å². The van der Waals surface area contributed by atoms with Gasteiger partial charge >= 0.3 is 0 Å². The van der Waals surface area contributed by atoms with E-state index in [1.54, 1.807) is 14.1 Å². The maximum atomic E-state index is 12.2. The lowest BCUT2D eigenvalue weighted by Crippen LogP contribution is -2.21. The molecule has 0 saturated heterocycles. The summed E-state index contributed by atoms with van der Waals surface area (Å²) in [7, 11) is 3.44.